The Labute approximate surface area is 127 Å². The first-order chi connectivity index (χ1) is 10.3. The zero-order chi connectivity index (χ0) is 16.3. The normalized spacial score (nSPS) is 19.1. The summed E-state index contributed by atoms with van der Waals surface area (Å²) < 4.78 is 43.9. The van der Waals surface area contributed by atoms with Crippen LogP contribution in [0.1, 0.15) is 18.1 Å². The molecule has 0 radical (unpaired) electrons. The quantitative estimate of drug-likeness (QED) is 0.932. The fraction of sp³-hybridized carbons (Fsp3) is 0.533. The van der Waals surface area contributed by atoms with E-state index in [-0.39, 0.29) is 24.1 Å². The van der Waals surface area contributed by atoms with Crippen LogP contribution in [-0.4, -0.2) is 43.2 Å². The van der Waals surface area contributed by atoms with Crippen molar-refractivity contribution in [2.45, 2.75) is 26.1 Å². The monoisotopic (exact) mass is 316 g/mol. The van der Waals surface area contributed by atoms with E-state index in [1.165, 1.54) is 13.0 Å². The van der Waals surface area contributed by atoms with Crippen molar-refractivity contribution in [1.29, 1.82) is 0 Å². The molecule has 1 aromatic rings. The van der Waals surface area contributed by atoms with E-state index in [4.69, 9.17) is 4.74 Å². The van der Waals surface area contributed by atoms with Crippen LogP contribution in [0.25, 0.3) is 0 Å². The highest BCUT2D eigenvalue weighted by molar-refractivity contribution is 5.81. The average Bonchev–Trinajstić information content (AvgIpc) is 2.44. The van der Waals surface area contributed by atoms with Gasteiger partial charge in [-0.25, -0.2) is 0 Å². The Hall–Kier alpha value is -1.76. The van der Waals surface area contributed by atoms with Gasteiger partial charge in [-0.1, -0.05) is 6.07 Å². The molecule has 1 amide bonds. The van der Waals surface area contributed by atoms with Gasteiger partial charge in [0.2, 0.25) is 5.91 Å². The minimum absolute atomic E-state index is 0.0204. The Balaban J connectivity index is 2.01. The van der Waals surface area contributed by atoms with E-state index in [1.54, 1.807) is 11.0 Å². The number of amides is 1. The maximum absolute atomic E-state index is 12.8. The lowest BCUT2D eigenvalue weighted by atomic mass is 10.1. The van der Waals surface area contributed by atoms with E-state index >= 15 is 0 Å². The second-order valence-electron chi connectivity index (χ2n) is 5.35. The molecule has 122 valence electrons. The topological polar surface area (TPSA) is 41.6 Å². The molecule has 1 aliphatic rings. The van der Waals surface area contributed by atoms with Crippen LogP contribution in [0.4, 0.5) is 18.9 Å². The summed E-state index contributed by atoms with van der Waals surface area (Å²) in [7, 11) is 0. The SMILES string of the molecule is Cc1c(NCC(=O)N2CCOC(C)C2)cccc1C(F)(F)F. The zero-order valence-electron chi connectivity index (χ0n) is 12.5. The standard InChI is InChI=1S/C15H19F3N2O2/c1-10-9-20(6-7-22-10)14(21)8-19-13-5-3-4-12(11(13)2)15(16,17)18/h3-5,10,19H,6-9H2,1-2H3. The molecular formula is C15H19F3N2O2. The highest BCUT2D eigenvalue weighted by Gasteiger charge is 2.33. The van der Waals surface area contributed by atoms with Crippen molar-refractivity contribution in [2.24, 2.45) is 0 Å². The zero-order valence-corrected chi connectivity index (χ0v) is 12.5. The second kappa shape index (κ2) is 6.56. The largest absolute Gasteiger partial charge is 0.416 e. The number of morpholine rings is 1. The van der Waals surface area contributed by atoms with Gasteiger partial charge in [0.25, 0.3) is 0 Å². The number of rotatable bonds is 3. The predicted molar refractivity (Wildman–Crippen MR) is 76.7 cm³/mol. The van der Waals surface area contributed by atoms with Gasteiger partial charge in [-0.05, 0) is 31.5 Å². The van der Waals surface area contributed by atoms with Crippen molar-refractivity contribution < 1.29 is 22.7 Å². The number of halogens is 3. The Morgan fingerprint density at radius 1 is 1.45 bits per heavy atom. The molecule has 0 spiro atoms. The van der Waals surface area contributed by atoms with Gasteiger partial charge in [-0.15, -0.1) is 0 Å². The van der Waals surface area contributed by atoms with E-state index in [2.05, 4.69) is 5.32 Å². The fourth-order valence-corrected chi connectivity index (χ4v) is 2.46. The highest BCUT2D eigenvalue weighted by Crippen LogP contribution is 2.34. The average molecular weight is 316 g/mol. The van der Waals surface area contributed by atoms with Crippen molar-refractivity contribution >= 4 is 11.6 Å². The summed E-state index contributed by atoms with van der Waals surface area (Å²) in [5.41, 5.74) is -0.271. The van der Waals surface area contributed by atoms with Crippen LogP contribution < -0.4 is 5.32 Å². The summed E-state index contributed by atoms with van der Waals surface area (Å²) in [5.74, 6) is -0.146. The van der Waals surface area contributed by atoms with Gasteiger partial charge in [-0.3, -0.25) is 4.79 Å². The maximum Gasteiger partial charge on any atom is 0.416 e. The van der Waals surface area contributed by atoms with Crippen LogP contribution in [0.2, 0.25) is 0 Å². The molecule has 2 rings (SSSR count). The van der Waals surface area contributed by atoms with Crippen molar-refractivity contribution in [3.8, 4) is 0 Å². The maximum atomic E-state index is 12.8. The Bertz CT molecular complexity index is 546. The van der Waals surface area contributed by atoms with Gasteiger partial charge in [0.1, 0.15) is 0 Å². The van der Waals surface area contributed by atoms with E-state index in [1.807, 2.05) is 6.92 Å². The molecule has 1 aliphatic heterocycles. The molecule has 0 bridgehead atoms. The molecular weight excluding hydrogens is 297 g/mol. The number of benzene rings is 1. The number of hydrogen-bond donors (Lipinski definition) is 1. The Morgan fingerprint density at radius 2 is 2.18 bits per heavy atom. The summed E-state index contributed by atoms with van der Waals surface area (Å²) >= 11 is 0. The number of carbonyl (C=O) groups excluding carboxylic acids is 1. The predicted octanol–water partition coefficient (Wildman–Crippen LogP) is 2.67. The van der Waals surface area contributed by atoms with E-state index in [0.29, 0.717) is 25.4 Å². The summed E-state index contributed by atoms with van der Waals surface area (Å²) in [6, 6.07) is 3.91. The van der Waals surface area contributed by atoms with Crippen molar-refractivity contribution in [1.82, 2.24) is 4.90 Å². The number of hydrogen-bond acceptors (Lipinski definition) is 3. The molecule has 1 N–H and O–H groups in total. The molecule has 1 unspecified atom stereocenters. The first-order valence-electron chi connectivity index (χ1n) is 7.09. The van der Waals surface area contributed by atoms with Crippen LogP contribution in [0.15, 0.2) is 18.2 Å². The molecule has 1 heterocycles. The van der Waals surface area contributed by atoms with Crippen molar-refractivity contribution in [3.05, 3.63) is 29.3 Å². The highest BCUT2D eigenvalue weighted by atomic mass is 19.4. The van der Waals surface area contributed by atoms with Crippen LogP contribution in [-0.2, 0) is 15.7 Å². The molecule has 1 atom stereocenters. The van der Waals surface area contributed by atoms with Crippen molar-refractivity contribution in [2.75, 3.05) is 31.6 Å². The molecule has 22 heavy (non-hydrogen) atoms. The van der Waals surface area contributed by atoms with Gasteiger partial charge in [0.15, 0.2) is 0 Å². The summed E-state index contributed by atoms with van der Waals surface area (Å²) in [6.45, 7) is 4.73. The number of nitrogens with zero attached hydrogens (tertiary/aromatic N) is 1. The minimum Gasteiger partial charge on any atom is -0.376 e. The van der Waals surface area contributed by atoms with Gasteiger partial charge in [-0.2, -0.15) is 13.2 Å². The lowest BCUT2D eigenvalue weighted by Gasteiger charge is -2.31. The van der Waals surface area contributed by atoms with E-state index < -0.39 is 11.7 Å². The molecule has 1 saturated heterocycles. The fourth-order valence-electron chi connectivity index (χ4n) is 2.46. The molecule has 1 aromatic carbocycles. The lowest BCUT2D eigenvalue weighted by molar-refractivity contribution is -0.138. The molecule has 7 heteroatoms. The number of ether oxygens (including phenoxy) is 1. The smallest absolute Gasteiger partial charge is 0.376 e. The van der Waals surface area contributed by atoms with Gasteiger partial charge in [0, 0.05) is 18.8 Å². The number of alkyl halides is 3. The van der Waals surface area contributed by atoms with Crippen LogP contribution >= 0.6 is 0 Å². The number of anilines is 1. The Kier molecular flexibility index (Phi) is 4.95. The number of carbonyl (C=O) groups is 1. The summed E-state index contributed by atoms with van der Waals surface area (Å²) in [4.78, 5) is 13.8. The Morgan fingerprint density at radius 3 is 2.82 bits per heavy atom. The molecule has 0 aliphatic carbocycles. The second-order valence-corrected chi connectivity index (χ2v) is 5.35. The van der Waals surface area contributed by atoms with Gasteiger partial charge < -0.3 is 15.0 Å². The van der Waals surface area contributed by atoms with E-state index in [9.17, 15) is 18.0 Å². The molecule has 0 saturated carbocycles. The summed E-state index contributed by atoms with van der Waals surface area (Å²) in [5, 5.41) is 2.81. The van der Waals surface area contributed by atoms with Crippen LogP contribution in [0, 0.1) is 6.92 Å². The number of nitrogens with one attached hydrogen (secondary N) is 1. The molecule has 4 nitrogen and oxygen atoms in total. The molecule has 0 aromatic heterocycles. The summed E-state index contributed by atoms with van der Waals surface area (Å²) in [6.07, 6.45) is -4.42. The van der Waals surface area contributed by atoms with Crippen LogP contribution in [0.5, 0.6) is 0 Å². The minimum atomic E-state index is -4.40. The third-order valence-electron chi connectivity index (χ3n) is 3.66. The third-order valence-corrected chi connectivity index (χ3v) is 3.66. The first-order valence-corrected chi connectivity index (χ1v) is 7.09. The third kappa shape index (κ3) is 3.91. The van der Waals surface area contributed by atoms with Gasteiger partial charge in [0.05, 0.1) is 24.8 Å². The van der Waals surface area contributed by atoms with Crippen molar-refractivity contribution in [3.63, 3.8) is 0 Å². The lowest BCUT2D eigenvalue weighted by Crippen LogP contribution is -2.46. The van der Waals surface area contributed by atoms with Crippen LogP contribution in [0.3, 0.4) is 0 Å². The van der Waals surface area contributed by atoms with E-state index in [0.717, 1.165) is 6.07 Å². The van der Waals surface area contributed by atoms with Gasteiger partial charge >= 0.3 is 6.18 Å². The first kappa shape index (κ1) is 16.6. The molecule has 1 fully saturated rings.